The highest BCUT2D eigenvalue weighted by Gasteiger charge is 2.42. The molecule has 2 atom stereocenters. The minimum Gasteiger partial charge on any atom is -0.307 e. The second-order valence-electron chi connectivity index (χ2n) is 5.88. The van der Waals surface area contributed by atoms with Crippen molar-refractivity contribution in [3.8, 4) is 0 Å². The van der Waals surface area contributed by atoms with Crippen molar-refractivity contribution in [1.29, 1.82) is 0 Å². The Morgan fingerprint density at radius 1 is 1.11 bits per heavy atom. The van der Waals surface area contributed by atoms with Crippen molar-refractivity contribution < 1.29 is 13.2 Å². The molecule has 106 valence electrons. The number of hydrogen-bond acceptors (Lipinski definition) is 1. The summed E-state index contributed by atoms with van der Waals surface area (Å²) in [5.41, 5.74) is 0.662. The summed E-state index contributed by atoms with van der Waals surface area (Å²) in [5.74, 6) is 0. The van der Waals surface area contributed by atoms with E-state index >= 15 is 0 Å². The molecule has 0 amide bonds. The van der Waals surface area contributed by atoms with E-state index in [4.69, 9.17) is 0 Å². The third kappa shape index (κ3) is 3.30. The van der Waals surface area contributed by atoms with Gasteiger partial charge < -0.3 is 5.32 Å². The normalized spacial score (nSPS) is 20.9. The Hall–Kier alpha value is -1.03. The topological polar surface area (TPSA) is 12.0 Å². The Labute approximate surface area is 112 Å². The van der Waals surface area contributed by atoms with Crippen LogP contribution >= 0.6 is 0 Å². The van der Waals surface area contributed by atoms with Gasteiger partial charge in [0.05, 0.1) is 5.56 Å². The lowest BCUT2D eigenvalue weighted by atomic mass is 9.98. The monoisotopic (exact) mass is 271 g/mol. The van der Waals surface area contributed by atoms with Gasteiger partial charge in [0.2, 0.25) is 0 Å². The van der Waals surface area contributed by atoms with Crippen molar-refractivity contribution in [2.75, 3.05) is 0 Å². The van der Waals surface area contributed by atoms with Gasteiger partial charge >= 0.3 is 6.18 Å². The Kier molecular flexibility index (Phi) is 3.65. The molecule has 0 aromatic heterocycles. The molecule has 1 fully saturated rings. The van der Waals surface area contributed by atoms with Crippen LogP contribution in [-0.2, 0) is 6.18 Å². The molecule has 0 bridgehead atoms. The first kappa shape index (κ1) is 14.4. The largest absolute Gasteiger partial charge is 0.416 e. The van der Waals surface area contributed by atoms with E-state index in [1.807, 2.05) is 6.92 Å². The zero-order chi connectivity index (χ0) is 14.3. The molecular weight excluding hydrogens is 251 g/mol. The summed E-state index contributed by atoms with van der Waals surface area (Å²) in [5, 5.41) is 3.48. The quantitative estimate of drug-likeness (QED) is 0.847. The zero-order valence-corrected chi connectivity index (χ0v) is 11.5. The summed E-state index contributed by atoms with van der Waals surface area (Å²) in [7, 11) is 0. The van der Waals surface area contributed by atoms with E-state index in [1.165, 1.54) is 12.8 Å². The van der Waals surface area contributed by atoms with Gasteiger partial charge in [-0.1, -0.05) is 19.1 Å². The van der Waals surface area contributed by atoms with E-state index in [2.05, 4.69) is 19.2 Å². The molecule has 1 saturated carbocycles. The SMILES string of the molecule is CC(NC(C)C1(C)CC1)c1ccc(C(F)(F)F)cc1. The van der Waals surface area contributed by atoms with Crippen molar-refractivity contribution in [1.82, 2.24) is 5.32 Å². The zero-order valence-electron chi connectivity index (χ0n) is 11.5. The van der Waals surface area contributed by atoms with Gasteiger partial charge in [-0.05, 0) is 49.8 Å². The van der Waals surface area contributed by atoms with Gasteiger partial charge in [0.1, 0.15) is 0 Å². The highest BCUT2D eigenvalue weighted by atomic mass is 19.4. The van der Waals surface area contributed by atoms with E-state index in [1.54, 1.807) is 12.1 Å². The van der Waals surface area contributed by atoms with Crippen LogP contribution in [0.25, 0.3) is 0 Å². The molecule has 2 unspecified atom stereocenters. The van der Waals surface area contributed by atoms with Crippen LogP contribution in [0.1, 0.15) is 50.8 Å². The van der Waals surface area contributed by atoms with Crippen molar-refractivity contribution in [3.05, 3.63) is 35.4 Å². The fraction of sp³-hybridized carbons (Fsp3) is 0.600. The number of nitrogens with one attached hydrogen (secondary N) is 1. The number of hydrogen-bond donors (Lipinski definition) is 1. The second-order valence-corrected chi connectivity index (χ2v) is 5.88. The second kappa shape index (κ2) is 4.82. The lowest BCUT2D eigenvalue weighted by Crippen LogP contribution is -2.35. The average Bonchev–Trinajstić information content (AvgIpc) is 3.08. The van der Waals surface area contributed by atoms with Gasteiger partial charge in [0, 0.05) is 12.1 Å². The highest BCUT2D eigenvalue weighted by molar-refractivity contribution is 5.26. The van der Waals surface area contributed by atoms with Crippen molar-refractivity contribution in [2.45, 2.75) is 51.9 Å². The number of benzene rings is 1. The standard InChI is InChI=1S/C15H20F3N/c1-10(19-11(2)14(3)8-9-14)12-4-6-13(7-5-12)15(16,17)18/h4-7,10-11,19H,8-9H2,1-3H3. The molecule has 4 heteroatoms. The lowest BCUT2D eigenvalue weighted by molar-refractivity contribution is -0.137. The molecule has 0 saturated heterocycles. The number of halogens is 3. The fourth-order valence-corrected chi connectivity index (χ4v) is 2.26. The molecule has 0 aliphatic heterocycles. The average molecular weight is 271 g/mol. The van der Waals surface area contributed by atoms with Crippen molar-refractivity contribution in [3.63, 3.8) is 0 Å². The molecule has 2 rings (SSSR count). The molecule has 0 spiro atoms. The fourth-order valence-electron chi connectivity index (χ4n) is 2.26. The van der Waals surface area contributed by atoms with E-state index in [0.717, 1.165) is 17.7 Å². The molecule has 1 aromatic rings. The predicted octanol–water partition coefficient (Wildman–Crippen LogP) is 4.54. The van der Waals surface area contributed by atoms with Crippen LogP contribution in [0.5, 0.6) is 0 Å². The number of alkyl halides is 3. The lowest BCUT2D eigenvalue weighted by Gasteiger charge is -2.25. The van der Waals surface area contributed by atoms with Crippen LogP contribution in [0.15, 0.2) is 24.3 Å². The minimum absolute atomic E-state index is 0.0645. The van der Waals surface area contributed by atoms with Gasteiger partial charge in [-0.2, -0.15) is 13.2 Å². The van der Waals surface area contributed by atoms with Crippen LogP contribution in [0, 0.1) is 5.41 Å². The van der Waals surface area contributed by atoms with Gasteiger partial charge in [0.15, 0.2) is 0 Å². The van der Waals surface area contributed by atoms with Gasteiger partial charge in [0.25, 0.3) is 0 Å². The third-order valence-electron chi connectivity index (χ3n) is 4.32. The summed E-state index contributed by atoms with van der Waals surface area (Å²) in [6, 6.07) is 5.86. The van der Waals surface area contributed by atoms with Crippen molar-refractivity contribution >= 4 is 0 Å². The number of rotatable bonds is 4. The van der Waals surface area contributed by atoms with Crippen LogP contribution in [-0.4, -0.2) is 6.04 Å². The van der Waals surface area contributed by atoms with Crippen LogP contribution in [0.2, 0.25) is 0 Å². The van der Waals surface area contributed by atoms with Gasteiger partial charge in [-0.3, -0.25) is 0 Å². The van der Waals surface area contributed by atoms with Crippen LogP contribution in [0.4, 0.5) is 13.2 Å². The van der Waals surface area contributed by atoms with Crippen LogP contribution in [0.3, 0.4) is 0 Å². The summed E-state index contributed by atoms with van der Waals surface area (Å²) in [6.07, 6.45) is -1.81. The predicted molar refractivity (Wildman–Crippen MR) is 69.8 cm³/mol. The summed E-state index contributed by atoms with van der Waals surface area (Å²) in [6.45, 7) is 6.38. The van der Waals surface area contributed by atoms with E-state index in [9.17, 15) is 13.2 Å². The molecule has 0 radical (unpaired) electrons. The first-order valence-electron chi connectivity index (χ1n) is 6.65. The maximum atomic E-state index is 12.5. The summed E-state index contributed by atoms with van der Waals surface area (Å²) < 4.78 is 37.4. The Bertz CT molecular complexity index is 432. The van der Waals surface area contributed by atoms with Gasteiger partial charge in [-0.15, -0.1) is 0 Å². The maximum absolute atomic E-state index is 12.5. The maximum Gasteiger partial charge on any atom is 0.416 e. The van der Waals surface area contributed by atoms with E-state index in [0.29, 0.717) is 11.5 Å². The first-order valence-corrected chi connectivity index (χ1v) is 6.65. The molecule has 0 heterocycles. The first-order chi connectivity index (χ1) is 8.72. The molecule has 1 aliphatic rings. The van der Waals surface area contributed by atoms with Crippen LogP contribution < -0.4 is 5.32 Å². The third-order valence-corrected chi connectivity index (χ3v) is 4.32. The molecule has 1 N–H and O–H groups in total. The Morgan fingerprint density at radius 2 is 1.63 bits per heavy atom. The molecule has 1 aromatic carbocycles. The molecule has 19 heavy (non-hydrogen) atoms. The molecular formula is C15H20F3N. The van der Waals surface area contributed by atoms with E-state index < -0.39 is 11.7 Å². The smallest absolute Gasteiger partial charge is 0.307 e. The van der Waals surface area contributed by atoms with Gasteiger partial charge in [-0.25, -0.2) is 0 Å². The Morgan fingerprint density at radius 3 is 2.05 bits per heavy atom. The summed E-state index contributed by atoms with van der Waals surface area (Å²) in [4.78, 5) is 0. The Balaban J connectivity index is 2.01. The molecule has 1 aliphatic carbocycles. The minimum atomic E-state index is -4.26. The van der Waals surface area contributed by atoms with Crippen molar-refractivity contribution in [2.24, 2.45) is 5.41 Å². The van der Waals surface area contributed by atoms with E-state index in [-0.39, 0.29) is 6.04 Å². The molecule has 1 nitrogen and oxygen atoms in total. The summed E-state index contributed by atoms with van der Waals surface area (Å²) >= 11 is 0. The highest BCUT2D eigenvalue weighted by Crippen LogP contribution is 2.48.